The van der Waals surface area contributed by atoms with Gasteiger partial charge in [-0.25, -0.2) is 0 Å². The molecule has 116 valence electrons. The molecule has 0 atom stereocenters. The molecule has 5 heteroatoms. The minimum absolute atomic E-state index is 0.573. The van der Waals surface area contributed by atoms with Gasteiger partial charge in [0.05, 0.1) is 16.4 Å². The number of rotatable bonds is 8. The predicted molar refractivity (Wildman–Crippen MR) is 86.3 cm³/mol. The van der Waals surface area contributed by atoms with E-state index < -0.39 is 0 Å². The number of nitrogens with zero attached hydrogens (tertiary/aromatic N) is 3. The third-order valence-electron chi connectivity index (χ3n) is 3.67. The van der Waals surface area contributed by atoms with Gasteiger partial charge in [-0.1, -0.05) is 18.5 Å². The van der Waals surface area contributed by atoms with E-state index in [0.29, 0.717) is 12.1 Å². The standard InChI is InChI=1S/C15H29ClN4/c1-7-13-15(16)14(19(6)18-13)10-17-8-9-20(11(2)3)12(4)5/h11-12,17H,7-10H2,1-6H3. The number of hydrogen-bond acceptors (Lipinski definition) is 3. The zero-order valence-electron chi connectivity index (χ0n) is 13.7. The fraction of sp³-hybridized carbons (Fsp3) is 0.800. The summed E-state index contributed by atoms with van der Waals surface area (Å²) in [5, 5.41) is 8.72. The van der Waals surface area contributed by atoms with Gasteiger partial charge in [0.2, 0.25) is 0 Å². The smallest absolute Gasteiger partial charge is 0.0863 e. The van der Waals surface area contributed by atoms with E-state index in [2.05, 4.69) is 49.9 Å². The molecule has 0 aliphatic carbocycles. The van der Waals surface area contributed by atoms with E-state index in [0.717, 1.165) is 42.5 Å². The molecule has 0 saturated heterocycles. The summed E-state index contributed by atoms with van der Waals surface area (Å²) in [6.45, 7) is 13.8. The van der Waals surface area contributed by atoms with Crippen molar-refractivity contribution >= 4 is 11.6 Å². The van der Waals surface area contributed by atoms with Crippen molar-refractivity contribution < 1.29 is 0 Å². The van der Waals surface area contributed by atoms with E-state index in [1.54, 1.807) is 0 Å². The van der Waals surface area contributed by atoms with E-state index >= 15 is 0 Å². The van der Waals surface area contributed by atoms with Crippen LogP contribution in [0.4, 0.5) is 0 Å². The zero-order chi connectivity index (χ0) is 15.3. The largest absolute Gasteiger partial charge is 0.310 e. The summed E-state index contributed by atoms with van der Waals surface area (Å²) < 4.78 is 1.89. The van der Waals surface area contributed by atoms with Crippen LogP contribution in [0.3, 0.4) is 0 Å². The molecule has 1 N–H and O–H groups in total. The molecule has 0 amide bonds. The fourth-order valence-electron chi connectivity index (χ4n) is 2.54. The third kappa shape index (κ3) is 4.47. The van der Waals surface area contributed by atoms with Crippen LogP contribution >= 0.6 is 11.6 Å². The van der Waals surface area contributed by atoms with Crippen LogP contribution in [0, 0.1) is 0 Å². The van der Waals surface area contributed by atoms with E-state index in [9.17, 15) is 0 Å². The highest BCUT2D eigenvalue weighted by Gasteiger charge is 2.14. The molecule has 1 aromatic heterocycles. The average Bonchev–Trinajstić information content (AvgIpc) is 2.64. The molecule has 0 radical (unpaired) electrons. The number of nitrogens with one attached hydrogen (secondary N) is 1. The first-order chi connectivity index (χ1) is 9.38. The molecule has 0 spiro atoms. The molecule has 0 aromatic carbocycles. The van der Waals surface area contributed by atoms with Gasteiger partial charge in [0.1, 0.15) is 0 Å². The Bertz CT molecular complexity index is 404. The Kier molecular flexibility index (Phi) is 7.00. The second kappa shape index (κ2) is 8.01. The van der Waals surface area contributed by atoms with E-state index in [4.69, 9.17) is 11.6 Å². The van der Waals surface area contributed by atoms with Crippen LogP contribution < -0.4 is 5.32 Å². The van der Waals surface area contributed by atoms with Crippen LogP contribution in [-0.4, -0.2) is 39.9 Å². The SMILES string of the molecule is CCc1nn(C)c(CNCCN(C(C)C)C(C)C)c1Cl. The Morgan fingerprint density at radius 3 is 2.30 bits per heavy atom. The molecule has 1 aromatic rings. The van der Waals surface area contributed by atoms with Crippen molar-refractivity contribution in [2.24, 2.45) is 7.05 Å². The molecule has 20 heavy (non-hydrogen) atoms. The number of aryl methyl sites for hydroxylation is 2. The van der Waals surface area contributed by atoms with Gasteiger partial charge in [0, 0.05) is 38.8 Å². The summed E-state index contributed by atoms with van der Waals surface area (Å²) in [6.07, 6.45) is 0.876. The molecule has 0 aliphatic rings. The van der Waals surface area contributed by atoms with Crippen LogP contribution in [-0.2, 0) is 20.0 Å². The molecular formula is C15H29ClN4. The Morgan fingerprint density at radius 2 is 1.85 bits per heavy atom. The lowest BCUT2D eigenvalue weighted by molar-refractivity contribution is 0.175. The van der Waals surface area contributed by atoms with Gasteiger partial charge in [-0.05, 0) is 34.1 Å². The summed E-state index contributed by atoms with van der Waals surface area (Å²) in [5.41, 5.74) is 2.06. The first kappa shape index (κ1) is 17.5. The first-order valence-corrected chi connectivity index (χ1v) is 7.92. The van der Waals surface area contributed by atoms with Crippen LogP contribution in [0.1, 0.15) is 46.0 Å². The molecule has 0 fully saturated rings. The van der Waals surface area contributed by atoms with E-state index in [-0.39, 0.29) is 0 Å². The van der Waals surface area contributed by atoms with Crippen LogP contribution in [0.25, 0.3) is 0 Å². The van der Waals surface area contributed by atoms with Crippen molar-refractivity contribution in [2.45, 2.75) is 59.7 Å². The molecule has 0 unspecified atom stereocenters. The molecule has 0 saturated carbocycles. The maximum atomic E-state index is 6.34. The fourth-order valence-corrected chi connectivity index (χ4v) is 2.90. The number of aromatic nitrogens is 2. The van der Waals surface area contributed by atoms with E-state index in [1.807, 2.05) is 11.7 Å². The topological polar surface area (TPSA) is 33.1 Å². The summed E-state index contributed by atoms with van der Waals surface area (Å²) in [7, 11) is 1.95. The minimum atomic E-state index is 0.573. The normalized spacial score (nSPS) is 12.1. The zero-order valence-corrected chi connectivity index (χ0v) is 14.5. The second-order valence-corrected chi connectivity index (χ2v) is 6.16. The number of hydrogen-bond donors (Lipinski definition) is 1. The summed E-state index contributed by atoms with van der Waals surface area (Å²) in [4.78, 5) is 2.48. The Hall–Kier alpha value is -0.580. The van der Waals surface area contributed by atoms with Crippen molar-refractivity contribution in [3.05, 3.63) is 16.4 Å². The quantitative estimate of drug-likeness (QED) is 0.750. The van der Waals surface area contributed by atoms with Gasteiger partial charge in [0.15, 0.2) is 0 Å². The molecule has 0 bridgehead atoms. The van der Waals surface area contributed by atoms with Crippen LogP contribution in [0.5, 0.6) is 0 Å². The van der Waals surface area contributed by atoms with Crippen molar-refractivity contribution in [1.29, 1.82) is 0 Å². The Morgan fingerprint density at radius 1 is 1.25 bits per heavy atom. The van der Waals surface area contributed by atoms with Gasteiger partial charge in [0.25, 0.3) is 0 Å². The number of halogens is 1. The lowest BCUT2D eigenvalue weighted by atomic mass is 10.2. The first-order valence-electron chi connectivity index (χ1n) is 7.55. The van der Waals surface area contributed by atoms with Crippen molar-refractivity contribution in [1.82, 2.24) is 20.0 Å². The Balaban J connectivity index is 2.47. The van der Waals surface area contributed by atoms with E-state index in [1.165, 1.54) is 0 Å². The molecule has 1 rings (SSSR count). The monoisotopic (exact) mass is 300 g/mol. The highest BCUT2D eigenvalue weighted by atomic mass is 35.5. The average molecular weight is 301 g/mol. The van der Waals surface area contributed by atoms with Crippen LogP contribution in [0.15, 0.2) is 0 Å². The predicted octanol–water partition coefficient (Wildman–Crippen LogP) is 2.84. The van der Waals surface area contributed by atoms with Gasteiger partial charge < -0.3 is 5.32 Å². The van der Waals surface area contributed by atoms with Gasteiger partial charge in [-0.3, -0.25) is 9.58 Å². The summed E-state index contributed by atoms with van der Waals surface area (Å²) in [6, 6.07) is 1.15. The van der Waals surface area contributed by atoms with Gasteiger partial charge in [-0.2, -0.15) is 5.10 Å². The molecular weight excluding hydrogens is 272 g/mol. The summed E-state index contributed by atoms with van der Waals surface area (Å²) >= 11 is 6.34. The second-order valence-electron chi connectivity index (χ2n) is 5.79. The third-order valence-corrected chi connectivity index (χ3v) is 4.11. The summed E-state index contributed by atoms with van der Waals surface area (Å²) in [5.74, 6) is 0. The van der Waals surface area contributed by atoms with Gasteiger partial charge >= 0.3 is 0 Å². The maximum absolute atomic E-state index is 6.34. The highest BCUT2D eigenvalue weighted by molar-refractivity contribution is 6.31. The van der Waals surface area contributed by atoms with Crippen molar-refractivity contribution in [3.63, 3.8) is 0 Å². The van der Waals surface area contributed by atoms with Crippen LogP contribution in [0.2, 0.25) is 5.02 Å². The van der Waals surface area contributed by atoms with Crippen molar-refractivity contribution in [2.75, 3.05) is 13.1 Å². The van der Waals surface area contributed by atoms with Gasteiger partial charge in [-0.15, -0.1) is 0 Å². The molecule has 4 nitrogen and oxygen atoms in total. The molecule has 0 aliphatic heterocycles. The maximum Gasteiger partial charge on any atom is 0.0863 e. The highest BCUT2D eigenvalue weighted by Crippen LogP contribution is 2.20. The lowest BCUT2D eigenvalue weighted by Gasteiger charge is -2.30. The minimum Gasteiger partial charge on any atom is -0.310 e. The molecule has 1 heterocycles. The van der Waals surface area contributed by atoms with Crippen molar-refractivity contribution in [3.8, 4) is 0 Å². The lowest BCUT2D eigenvalue weighted by Crippen LogP contribution is -2.41. The Labute approximate surface area is 128 Å².